The highest BCUT2D eigenvalue weighted by Crippen LogP contribution is 2.24. The molecule has 0 aliphatic heterocycles. The van der Waals surface area contributed by atoms with Crippen LogP contribution in [0, 0.1) is 0 Å². The van der Waals surface area contributed by atoms with Gasteiger partial charge in [-0.3, -0.25) is 9.59 Å². The van der Waals surface area contributed by atoms with E-state index in [1.165, 1.54) is 11.8 Å². The zero-order valence-corrected chi connectivity index (χ0v) is 14.2. The van der Waals surface area contributed by atoms with Crippen LogP contribution in [0.2, 0.25) is 0 Å². The molecule has 0 unspecified atom stereocenters. The van der Waals surface area contributed by atoms with Gasteiger partial charge in [0.15, 0.2) is 5.16 Å². The Bertz CT molecular complexity index is 804. The second-order valence-corrected chi connectivity index (χ2v) is 6.50. The van der Waals surface area contributed by atoms with Gasteiger partial charge in [0.1, 0.15) is 5.75 Å². The number of anilines is 1. The number of amides is 1. The third kappa shape index (κ3) is 3.79. The van der Waals surface area contributed by atoms with E-state index in [0.29, 0.717) is 16.6 Å². The Hall–Kier alpha value is -2.28. The maximum absolute atomic E-state index is 12.1. The van der Waals surface area contributed by atoms with Crippen molar-refractivity contribution in [1.29, 1.82) is 0 Å². The van der Waals surface area contributed by atoms with Crippen molar-refractivity contribution in [3.8, 4) is 5.75 Å². The quantitative estimate of drug-likeness (QED) is 0.642. The second-order valence-electron chi connectivity index (χ2n) is 5.54. The maximum Gasteiger partial charge on any atom is 0.254 e. The lowest BCUT2D eigenvalue weighted by Gasteiger charge is -2.14. The fraction of sp³-hybridized carbons (Fsp3) is 0.353. The number of aryl methyl sites for hydroxylation is 1. The van der Waals surface area contributed by atoms with E-state index in [1.54, 1.807) is 19.2 Å². The van der Waals surface area contributed by atoms with Crippen molar-refractivity contribution in [2.45, 2.75) is 30.8 Å². The van der Waals surface area contributed by atoms with Crippen LogP contribution >= 0.6 is 11.8 Å². The molecule has 2 aromatic rings. The van der Waals surface area contributed by atoms with E-state index in [2.05, 4.69) is 15.3 Å². The van der Waals surface area contributed by atoms with Gasteiger partial charge in [0.25, 0.3) is 5.56 Å². The van der Waals surface area contributed by atoms with Crippen molar-refractivity contribution in [2.75, 3.05) is 18.2 Å². The summed E-state index contributed by atoms with van der Waals surface area (Å²) in [4.78, 5) is 31.5. The molecule has 1 aromatic heterocycles. The van der Waals surface area contributed by atoms with Gasteiger partial charge in [-0.25, -0.2) is 4.98 Å². The molecule has 0 radical (unpaired) electrons. The van der Waals surface area contributed by atoms with E-state index in [9.17, 15) is 9.59 Å². The van der Waals surface area contributed by atoms with Crippen LogP contribution in [0.4, 0.5) is 5.69 Å². The highest BCUT2D eigenvalue weighted by Gasteiger charge is 2.16. The van der Waals surface area contributed by atoms with E-state index >= 15 is 0 Å². The lowest BCUT2D eigenvalue weighted by Crippen LogP contribution is -2.22. The Labute approximate surface area is 144 Å². The zero-order valence-electron chi connectivity index (χ0n) is 13.4. The molecule has 1 aliphatic carbocycles. The predicted octanol–water partition coefficient (Wildman–Crippen LogP) is 2.39. The van der Waals surface area contributed by atoms with Crippen LogP contribution < -0.4 is 15.6 Å². The van der Waals surface area contributed by atoms with Crippen molar-refractivity contribution in [3.05, 3.63) is 45.9 Å². The van der Waals surface area contributed by atoms with Crippen LogP contribution in [0.1, 0.15) is 24.1 Å². The van der Waals surface area contributed by atoms with Crippen molar-refractivity contribution in [3.63, 3.8) is 0 Å². The van der Waals surface area contributed by atoms with Crippen molar-refractivity contribution in [1.82, 2.24) is 9.97 Å². The van der Waals surface area contributed by atoms with Crippen LogP contribution in [-0.2, 0) is 17.6 Å². The number of benzene rings is 1. The highest BCUT2D eigenvalue weighted by atomic mass is 32.2. The molecule has 0 fully saturated rings. The minimum Gasteiger partial charge on any atom is -0.495 e. The van der Waals surface area contributed by atoms with Gasteiger partial charge in [-0.05, 0) is 37.8 Å². The summed E-state index contributed by atoms with van der Waals surface area (Å²) in [6, 6.07) is 7.23. The number of H-pyrrole nitrogens is 1. The van der Waals surface area contributed by atoms with Crippen molar-refractivity contribution >= 4 is 23.4 Å². The molecule has 24 heavy (non-hydrogen) atoms. The minimum absolute atomic E-state index is 0.0765. The maximum atomic E-state index is 12.1. The number of aromatic nitrogens is 2. The lowest BCUT2D eigenvalue weighted by molar-refractivity contribution is -0.113. The number of para-hydroxylation sites is 2. The summed E-state index contributed by atoms with van der Waals surface area (Å²) < 4.78 is 5.21. The molecular formula is C17H19N3O3S. The number of carbonyl (C=O) groups is 1. The molecule has 0 spiro atoms. The largest absolute Gasteiger partial charge is 0.495 e. The molecule has 7 heteroatoms. The van der Waals surface area contributed by atoms with Gasteiger partial charge in [0.05, 0.1) is 24.2 Å². The average Bonchev–Trinajstić information content (AvgIpc) is 2.60. The number of rotatable bonds is 5. The monoisotopic (exact) mass is 345 g/mol. The van der Waals surface area contributed by atoms with Gasteiger partial charge in [0.2, 0.25) is 5.91 Å². The molecule has 1 heterocycles. The normalized spacial score (nSPS) is 13.2. The van der Waals surface area contributed by atoms with Gasteiger partial charge >= 0.3 is 0 Å². The summed E-state index contributed by atoms with van der Waals surface area (Å²) in [5.74, 6) is 0.598. The summed E-state index contributed by atoms with van der Waals surface area (Å²) in [5.41, 5.74) is 2.21. The first-order chi connectivity index (χ1) is 11.7. The number of aromatic amines is 1. The van der Waals surface area contributed by atoms with Gasteiger partial charge in [0, 0.05) is 5.56 Å². The van der Waals surface area contributed by atoms with Gasteiger partial charge in [-0.15, -0.1) is 0 Å². The Morgan fingerprint density at radius 3 is 2.96 bits per heavy atom. The number of nitrogens with one attached hydrogen (secondary N) is 2. The van der Waals surface area contributed by atoms with Crippen molar-refractivity contribution < 1.29 is 9.53 Å². The number of fused-ring (bicyclic) bond motifs is 1. The van der Waals surface area contributed by atoms with Gasteiger partial charge in [-0.1, -0.05) is 23.9 Å². The van der Waals surface area contributed by atoms with E-state index in [-0.39, 0.29) is 17.2 Å². The SMILES string of the molecule is COc1ccccc1NC(=O)CSc1nc2c(c(=O)[nH]1)CCCC2. The Balaban J connectivity index is 1.64. The Morgan fingerprint density at radius 2 is 2.12 bits per heavy atom. The second kappa shape index (κ2) is 7.53. The molecule has 6 nitrogen and oxygen atoms in total. The third-order valence-corrected chi connectivity index (χ3v) is 4.76. The van der Waals surface area contributed by atoms with Crippen LogP contribution in [-0.4, -0.2) is 28.7 Å². The van der Waals surface area contributed by atoms with E-state index in [0.717, 1.165) is 36.9 Å². The number of hydrogen-bond acceptors (Lipinski definition) is 5. The molecule has 2 N–H and O–H groups in total. The molecule has 126 valence electrons. The fourth-order valence-corrected chi connectivity index (χ4v) is 3.40. The summed E-state index contributed by atoms with van der Waals surface area (Å²) in [6.07, 6.45) is 3.71. The molecule has 0 atom stereocenters. The number of nitrogens with zero attached hydrogens (tertiary/aromatic N) is 1. The lowest BCUT2D eigenvalue weighted by atomic mass is 9.97. The summed E-state index contributed by atoms with van der Waals surface area (Å²) in [7, 11) is 1.56. The van der Waals surface area contributed by atoms with E-state index < -0.39 is 0 Å². The standard InChI is InChI=1S/C17H19N3O3S/c1-23-14-9-5-4-8-13(14)18-15(21)10-24-17-19-12-7-3-2-6-11(12)16(22)20-17/h4-5,8-9H,2-3,6-7,10H2,1H3,(H,18,21)(H,19,20,22). The molecule has 0 bridgehead atoms. The van der Waals surface area contributed by atoms with Crippen LogP contribution in [0.3, 0.4) is 0 Å². The molecule has 0 saturated heterocycles. The summed E-state index contributed by atoms with van der Waals surface area (Å²) in [6.45, 7) is 0. The van der Waals surface area contributed by atoms with Crippen LogP contribution in [0.25, 0.3) is 0 Å². The molecule has 3 rings (SSSR count). The average molecular weight is 345 g/mol. The van der Waals surface area contributed by atoms with E-state index in [1.807, 2.05) is 12.1 Å². The predicted molar refractivity (Wildman–Crippen MR) is 93.8 cm³/mol. The first-order valence-electron chi connectivity index (χ1n) is 7.85. The first kappa shape index (κ1) is 16.6. The van der Waals surface area contributed by atoms with Gasteiger partial charge in [-0.2, -0.15) is 0 Å². The molecule has 1 aliphatic rings. The minimum atomic E-state index is -0.176. The van der Waals surface area contributed by atoms with Gasteiger partial charge < -0.3 is 15.0 Å². The molecule has 1 aromatic carbocycles. The zero-order chi connectivity index (χ0) is 16.9. The third-order valence-electron chi connectivity index (χ3n) is 3.89. The number of thioether (sulfide) groups is 1. The number of hydrogen-bond donors (Lipinski definition) is 2. The number of ether oxygens (including phenoxy) is 1. The summed E-state index contributed by atoms with van der Waals surface area (Å²) >= 11 is 1.23. The van der Waals surface area contributed by atoms with Crippen molar-refractivity contribution in [2.24, 2.45) is 0 Å². The Morgan fingerprint density at radius 1 is 1.33 bits per heavy atom. The fourth-order valence-electron chi connectivity index (χ4n) is 2.72. The van der Waals surface area contributed by atoms with Crippen LogP contribution in [0.15, 0.2) is 34.2 Å². The molecule has 1 amide bonds. The topological polar surface area (TPSA) is 84.1 Å². The highest BCUT2D eigenvalue weighted by molar-refractivity contribution is 7.99. The van der Waals surface area contributed by atoms with Crippen LogP contribution in [0.5, 0.6) is 5.75 Å². The smallest absolute Gasteiger partial charge is 0.254 e. The Kier molecular flexibility index (Phi) is 5.20. The van der Waals surface area contributed by atoms with E-state index in [4.69, 9.17) is 4.74 Å². The number of methoxy groups -OCH3 is 1. The summed E-state index contributed by atoms with van der Waals surface area (Å²) in [5, 5.41) is 3.30. The first-order valence-corrected chi connectivity index (χ1v) is 8.83. The number of carbonyl (C=O) groups excluding carboxylic acids is 1. The molecule has 0 saturated carbocycles. The molecular weight excluding hydrogens is 326 g/mol.